The van der Waals surface area contributed by atoms with Gasteiger partial charge in [0.15, 0.2) is 0 Å². The normalized spacial score (nSPS) is 10.8. The Balaban J connectivity index is 1.65. The number of hydrogen-bond acceptors (Lipinski definition) is 6. The van der Waals surface area contributed by atoms with E-state index < -0.39 is 23.9 Å². The van der Waals surface area contributed by atoms with E-state index in [1.54, 1.807) is 48.5 Å². The molecule has 0 N–H and O–H groups in total. The van der Waals surface area contributed by atoms with Crippen LogP contribution in [0, 0.1) is 0 Å². The number of carbonyl (C=O) groups is 4. The van der Waals surface area contributed by atoms with Crippen molar-refractivity contribution in [2.24, 2.45) is 0 Å². The van der Waals surface area contributed by atoms with Gasteiger partial charge in [-0.3, -0.25) is 0 Å². The molecule has 0 aliphatic carbocycles. The van der Waals surface area contributed by atoms with Crippen molar-refractivity contribution >= 4 is 36.0 Å². The lowest BCUT2D eigenvalue weighted by Crippen LogP contribution is -2.17. The Morgan fingerprint density at radius 1 is 0.500 bits per heavy atom. The van der Waals surface area contributed by atoms with Gasteiger partial charge in [-0.05, 0) is 35.4 Å². The molecule has 0 atom stereocenters. The molecule has 0 bridgehead atoms. The minimum Gasteiger partial charge on any atom is -0.386 e. The van der Waals surface area contributed by atoms with E-state index in [1.165, 1.54) is 36.4 Å². The molecule has 0 heterocycles. The highest BCUT2D eigenvalue weighted by atomic mass is 16.6. The predicted molar refractivity (Wildman–Crippen MR) is 118 cm³/mol. The van der Waals surface area contributed by atoms with E-state index in [0.29, 0.717) is 0 Å². The fourth-order valence-electron chi connectivity index (χ4n) is 2.66. The van der Waals surface area contributed by atoms with Crippen molar-refractivity contribution in [2.45, 2.75) is 0 Å². The molecule has 0 aliphatic heterocycles. The molecule has 6 heteroatoms. The molecule has 0 saturated carbocycles. The third kappa shape index (κ3) is 6.47. The molecule has 0 aliphatic rings. The Labute approximate surface area is 184 Å². The minimum absolute atomic E-state index is 0.196. The van der Waals surface area contributed by atoms with Gasteiger partial charge in [-0.2, -0.15) is 0 Å². The lowest BCUT2D eigenvalue weighted by atomic mass is 10.1. The predicted octanol–water partition coefficient (Wildman–Crippen LogP) is 4.48. The van der Waals surface area contributed by atoms with E-state index in [1.807, 2.05) is 12.1 Å². The number of rotatable bonds is 6. The van der Waals surface area contributed by atoms with Crippen LogP contribution in [0.25, 0.3) is 12.2 Å². The molecule has 0 saturated heterocycles. The highest BCUT2D eigenvalue weighted by molar-refractivity contribution is 6.10. The van der Waals surface area contributed by atoms with Crippen LogP contribution in [0.2, 0.25) is 0 Å². The van der Waals surface area contributed by atoms with Gasteiger partial charge in [-0.15, -0.1) is 0 Å². The van der Waals surface area contributed by atoms with Crippen molar-refractivity contribution in [3.8, 4) is 0 Å². The maximum Gasteiger partial charge on any atom is 0.346 e. The third-order valence-corrected chi connectivity index (χ3v) is 4.18. The van der Waals surface area contributed by atoms with Crippen LogP contribution < -0.4 is 0 Å². The molecule has 0 aromatic heterocycles. The molecule has 0 fully saturated rings. The van der Waals surface area contributed by atoms with Crippen molar-refractivity contribution in [1.29, 1.82) is 0 Å². The van der Waals surface area contributed by atoms with Crippen LogP contribution in [0.1, 0.15) is 31.8 Å². The number of esters is 4. The molecule has 3 aromatic rings. The first-order chi connectivity index (χ1) is 15.5. The first-order valence-corrected chi connectivity index (χ1v) is 9.60. The summed E-state index contributed by atoms with van der Waals surface area (Å²) in [7, 11) is 0. The van der Waals surface area contributed by atoms with Gasteiger partial charge in [0.05, 0.1) is 11.1 Å². The second-order valence-corrected chi connectivity index (χ2v) is 6.45. The summed E-state index contributed by atoms with van der Waals surface area (Å²) < 4.78 is 9.58. The molecule has 0 spiro atoms. The topological polar surface area (TPSA) is 86.7 Å². The van der Waals surface area contributed by atoms with E-state index in [4.69, 9.17) is 9.47 Å². The summed E-state index contributed by atoms with van der Waals surface area (Å²) >= 11 is 0. The average Bonchev–Trinajstić information content (AvgIpc) is 2.82. The minimum atomic E-state index is -1.03. The Morgan fingerprint density at radius 2 is 0.844 bits per heavy atom. The van der Waals surface area contributed by atoms with Crippen molar-refractivity contribution in [1.82, 2.24) is 0 Å². The summed E-state index contributed by atoms with van der Waals surface area (Å²) in [4.78, 5) is 48.7. The highest BCUT2D eigenvalue weighted by Gasteiger charge is 2.22. The van der Waals surface area contributed by atoms with Gasteiger partial charge in [-0.25, -0.2) is 19.2 Å². The SMILES string of the molecule is O=C(/C=C/c1ccccc1)OC(=O)c1ccccc1C(=O)OC(=O)/C=C/c1ccccc1. The van der Waals surface area contributed by atoms with Crippen molar-refractivity contribution in [3.63, 3.8) is 0 Å². The molecular formula is C26H18O6. The van der Waals surface area contributed by atoms with Gasteiger partial charge >= 0.3 is 23.9 Å². The van der Waals surface area contributed by atoms with Crippen LogP contribution in [-0.4, -0.2) is 23.9 Å². The zero-order valence-corrected chi connectivity index (χ0v) is 16.8. The molecule has 32 heavy (non-hydrogen) atoms. The number of ether oxygens (including phenoxy) is 2. The van der Waals surface area contributed by atoms with Crippen LogP contribution in [0.3, 0.4) is 0 Å². The lowest BCUT2D eigenvalue weighted by Gasteiger charge is -2.06. The Hall–Kier alpha value is -4.58. The molecule has 6 nitrogen and oxygen atoms in total. The fourth-order valence-corrected chi connectivity index (χ4v) is 2.66. The molecule has 0 radical (unpaired) electrons. The number of benzene rings is 3. The number of hydrogen-bond donors (Lipinski definition) is 0. The Morgan fingerprint density at radius 3 is 1.22 bits per heavy atom. The summed E-state index contributed by atoms with van der Waals surface area (Å²) in [6.07, 6.45) is 5.19. The zero-order valence-electron chi connectivity index (χ0n) is 16.8. The van der Waals surface area contributed by atoms with Crippen molar-refractivity contribution in [3.05, 3.63) is 119 Å². The van der Waals surface area contributed by atoms with Crippen LogP contribution in [0.5, 0.6) is 0 Å². The van der Waals surface area contributed by atoms with E-state index >= 15 is 0 Å². The van der Waals surface area contributed by atoms with E-state index in [0.717, 1.165) is 23.3 Å². The van der Waals surface area contributed by atoms with Crippen LogP contribution in [0.15, 0.2) is 97.1 Å². The second kappa shape index (κ2) is 11.0. The standard InChI is InChI=1S/C26H18O6/c27-23(17-15-19-9-3-1-4-10-19)31-25(29)21-13-7-8-14-22(21)26(30)32-24(28)18-16-20-11-5-2-6-12-20/h1-18H/b17-15+,18-16+. The monoisotopic (exact) mass is 426 g/mol. The summed E-state index contributed by atoms with van der Waals surface area (Å²) in [6.45, 7) is 0. The first-order valence-electron chi connectivity index (χ1n) is 9.60. The molecule has 0 unspecified atom stereocenters. The van der Waals surface area contributed by atoms with Gasteiger partial charge in [0.1, 0.15) is 0 Å². The summed E-state index contributed by atoms with van der Waals surface area (Å²) in [5, 5.41) is 0. The van der Waals surface area contributed by atoms with Gasteiger partial charge < -0.3 is 9.47 Å². The van der Waals surface area contributed by atoms with Crippen LogP contribution >= 0.6 is 0 Å². The summed E-state index contributed by atoms with van der Waals surface area (Å²) in [5.41, 5.74) is 1.11. The Kier molecular flexibility index (Phi) is 7.59. The fraction of sp³-hybridized carbons (Fsp3) is 0. The quantitative estimate of drug-likeness (QED) is 0.328. The van der Waals surface area contributed by atoms with Gasteiger partial charge in [0, 0.05) is 12.2 Å². The first kappa shape index (κ1) is 22.1. The second-order valence-electron chi connectivity index (χ2n) is 6.45. The largest absolute Gasteiger partial charge is 0.386 e. The maximum atomic E-state index is 12.4. The van der Waals surface area contributed by atoms with E-state index in [2.05, 4.69) is 0 Å². The lowest BCUT2D eigenvalue weighted by molar-refractivity contribution is -0.133. The summed E-state index contributed by atoms with van der Waals surface area (Å²) in [6, 6.07) is 23.6. The number of carbonyl (C=O) groups excluding carboxylic acids is 4. The molecule has 3 rings (SSSR count). The van der Waals surface area contributed by atoms with Gasteiger partial charge in [0.2, 0.25) is 0 Å². The summed E-state index contributed by atoms with van der Waals surface area (Å²) in [5.74, 6) is -3.87. The van der Waals surface area contributed by atoms with Gasteiger partial charge in [-0.1, -0.05) is 72.8 Å². The average molecular weight is 426 g/mol. The molecule has 158 valence electrons. The third-order valence-electron chi connectivity index (χ3n) is 4.18. The zero-order chi connectivity index (χ0) is 22.8. The maximum absolute atomic E-state index is 12.4. The molecule has 3 aromatic carbocycles. The Bertz CT molecular complexity index is 1080. The van der Waals surface area contributed by atoms with Crippen LogP contribution in [0.4, 0.5) is 0 Å². The molecular weight excluding hydrogens is 408 g/mol. The molecule has 0 amide bonds. The van der Waals surface area contributed by atoms with Crippen LogP contribution in [-0.2, 0) is 19.1 Å². The van der Waals surface area contributed by atoms with Crippen molar-refractivity contribution in [2.75, 3.05) is 0 Å². The van der Waals surface area contributed by atoms with E-state index in [-0.39, 0.29) is 11.1 Å². The van der Waals surface area contributed by atoms with Crippen molar-refractivity contribution < 1.29 is 28.7 Å². The van der Waals surface area contributed by atoms with Gasteiger partial charge in [0.25, 0.3) is 0 Å². The highest BCUT2D eigenvalue weighted by Crippen LogP contribution is 2.13. The van der Waals surface area contributed by atoms with E-state index in [9.17, 15) is 19.2 Å². The smallest absolute Gasteiger partial charge is 0.346 e.